The number of nitrogens with zero attached hydrogens (tertiary/aromatic N) is 5. The van der Waals surface area contributed by atoms with Crippen LogP contribution in [0.5, 0.6) is 0 Å². The molecule has 24 heavy (non-hydrogen) atoms. The average molecular weight is 327 g/mol. The van der Waals surface area contributed by atoms with Crippen LogP contribution in [0.3, 0.4) is 0 Å². The third kappa shape index (κ3) is 2.32. The number of aromatic nitrogens is 5. The predicted molar refractivity (Wildman–Crippen MR) is 95.2 cm³/mol. The third-order valence-corrected chi connectivity index (χ3v) is 6.02. The Morgan fingerprint density at radius 3 is 2.50 bits per heavy atom. The quantitative estimate of drug-likeness (QED) is 0.823. The minimum Gasteiger partial charge on any atom is -0.309 e. The van der Waals surface area contributed by atoms with Crippen molar-refractivity contribution in [2.75, 3.05) is 0 Å². The maximum atomic E-state index is 5.02. The molecule has 0 aromatic carbocycles. The summed E-state index contributed by atoms with van der Waals surface area (Å²) in [4.78, 5) is 0. The topological polar surface area (TPSA) is 48.5 Å². The standard InChI is InChI=1S/C19H29N5/c1-4-13(5-2)18-20-21-19-17-15(11-12-23(18)19)16(6-3)22-24(17)14-9-7-8-10-14/h13-14H,4-12H2,1-3H3. The van der Waals surface area contributed by atoms with Gasteiger partial charge in [-0.25, -0.2) is 0 Å². The zero-order valence-corrected chi connectivity index (χ0v) is 15.3. The zero-order chi connectivity index (χ0) is 16.7. The Morgan fingerprint density at radius 2 is 1.83 bits per heavy atom. The van der Waals surface area contributed by atoms with Crippen LogP contribution in [-0.2, 0) is 19.4 Å². The van der Waals surface area contributed by atoms with Gasteiger partial charge in [0.05, 0.1) is 11.7 Å². The maximum Gasteiger partial charge on any atom is 0.182 e. The van der Waals surface area contributed by atoms with E-state index in [1.807, 2.05) is 0 Å². The van der Waals surface area contributed by atoms with Crippen LogP contribution >= 0.6 is 0 Å². The van der Waals surface area contributed by atoms with Crippen molar-refractivity contribution in [1.29, 1.82) is 0 Å². The molecular formula is C19H29N5. The Kier molecular flexibility index (Phi) is 4.19. The summed E-state index contributed by atoms with van der Waals surface area (Å²) in [6, 6.07) is 0.555. The summed E-state index contributed by atoms with van der Waals surface area (Å²) >= 11 is 0. The number of hydrogen-bond donors (Lipinski definition) is 0. The second-order valence-corrected chi connectivity index (χ2v) is 7.31. The highest BCUT2D eigenvalue weighted by molar-refractivity contribution is 5.60. The van der Waals surface area contributed by atoms with Gasteiger partial charge in [-0.2, -0.15) is 5.10 Å². The van der Waals surface area contributed by atoms with E-state index in [9.17, 15) is 0 Å². The Balaban J connectivity index is 1.84. The van der Waals surface area contributed by atoms with Crippen LogP contribution in [0.2, 0.25) is 0 Å². The predicted octanol–water partition coefficient (Wildman–Crippen LogP) is 4.28. The molecule has 2 aromatic heterocycles. The molecule has 0 radical (unpaired) electrons. The summed E-state index contributed by atoms with van der Waals surface area (Å²) in [6.45, 7) is 7.73. The largest absolute Gasteiger partial charge is 0.309 e. The van der Waals surface area contributed by atoms with Crippen LogP contribution < -0.4 is 0 Å². The average Bonchev–Trinajstić information content (AvgIpc) is 3.33. The summed E-state index contributed by atoms with van der Waals surface area (Å²) in [7, 11) is 0. The van der Waals surface area contributed by atoms with E-state index in [-0.39, 0.29) is 0 Å². The SMILES string of the molecule is CCc1nn(C2CCCC2)c2c1CCn1c-2nnc1C(CC)CC. The molecule has 0 spiro atoms. The second kappa shape index (κ2) is 6.34. The van der Waals surface area contributed by atoms with Gasteiger partial charge in [-0.05, 0) is 38.5 Å². The number of aryl methyl sites for hydroxylation is 1. The molecule has 0 bridgehead atoms. The molecule has 0 unspecified atom stereocenters. The molecular weight excluding hydrogens is 298 g/mol. The highest BCUT2D eigenvalue weighted by Crippen LogP contribution is 2.39. The van der Waals surface area contributed by atoms with Crippen molar-refractivity contribution in [2.24, 2.45) is 0 Å². The van der Waals surface area contributed by atoms with Crippen molar-refractivity contribution < 1.29 is 0 Å². The Labute approximate surface area is 144 Å². The Hall–Kier alpha value is -1.65. The lowest BCUT2D eigenvalue weighted by Crippen LogP contribution is -2.18. The van der Waals surface area contributed by atoms with Gasteiger partial charge in [0.2, 0.25) is 0 Å². The number of rotatable bonds is 5. The fourth-order valence-electron chi connectivity index (χ4n) is 4.60. The lowest BCUT2D eigenvalue weighted by atomic mass is 10.00. The van der Waals surface area contributed by atoms with E-state index in [0.717, 1.165) is 38.1 Å². The van der Waals surface area contributed by atoms with Crippen molar-refractivity contribution in [3.05, 3.63) is 17.1 Å². The van der Waals surface area contributed by atoms with Crippen molar-refractivity contribution in [3.63, 3.8) is 0 Å². The molecule has 0 atom stereocenters. The summed E-state index contributed by atoms with van der Waals surface area (Å²) in [5.41, 5.74) is 3.98. The number of hydrogen-bond acceptors (Lipinski definition) is 3. The molecule has 0 amide bonds. The van der Waals surface area contributed by atoms with Gasteiger partial charge in [-0.3, -0.25) is 4.68 Å². The molecule has 0 saturated heterocycles. The van der Waals surface area contributed by atoms with Crippen molar-refractivity contribution in [3.8, 4) is 11.5 Å². The lowest BCUT2D eigenvalue weighted by Gasteiger charge is -2.21. The highest BCUT2D eigenvalue weighted by atomic mass is 15.4. The third-order valence-electron chi connectivity index (χ3n) is 6.02. The fourth-order valence-corrected chi connectivity index (χ4v) is 4.60. The van der Waals surface area contributed by atoms with Gasteiger partial charge in [0.15, 0.2) is 5.82 Å². The first kappa shape index (κ1) is 15.9. The van der Waals surface area contributed by atoms with Crippen LogP contribution in [0.15, 0.2) is 0 Å². The van der Waals surface area contributed by atoms with E-state index in [2.05, 4.69) is 40.2 Å². The van der Waals surface area contributed by atoms with Crippen LogP contribution in [-0.4, -0.2) is 24.5 Å². The molecule has 1 aliphatic carbocycles. The number of fused-ring (bicyclic) bond motifs is 3. The molecule has 1 aliphatic heterocycles. The molecule has 5 heteroatoms. The van der Waals surface area contributed by atoms with Gasteiger partial charge in [0.25, 0.3) is 0 Å². The molecule has 2 aromatic rings. The van der Waals surface area contributed by atoms with Crippen LogP contribution in [0.1, 0.15) is 88.3 Å². The van der Waals surface area contributed by atoms with Crippen LogP contribution in [0, 0.1) is 0 Å². The van der Waals surface area contributed by atoms with Gasteiger partial charge < -0.3 is 4.57 Å². The summed E-state index contributed by atoms with van der Waals surface area (Å²) in [5.74, 6) is 2.76. The molecule has 4 rings (SSSR count). The summed E-state index contributed by atoms with van der Waals surface area (Å²) in [5, 5.41) is 14.3. The van der Waals surface area contributed by atoms with Crippen LogP contribution in [0.25, 0.3) is 11.5 Å². The zero-order valence-electron chi connectivity index (χ0n) is 15.3. The first-order valence-corrected chi connectivity index (χ1v) is 9.82. The van der Waals surface area contributed by atoms with Crippen molar-refractivity contribution in [1.82, 2.24) is 24.5 Å². The molecule has 1 saturated carbocycles. The molecule has 1 fully saturated rings. The first-order chi connectivity index (χ1) is 11.8. The van der Waals surface area contributed by atoms with E-state index in [0.29, 0.717) is 12.0 Å². The van der Waals surface area contributed by atoms with Gasteiger partial charge in [0.1, 0.15) is 11.5 Å². The molecule has 2 aliphatic rings. The monoisotopic (exact) mass is 327 g/mol. The highest BCUT2D eigenvalue weighted by Gasteiger charge is 2.32. The lowest BCUT2D eigenvalue weighted by molar-refractivity contribution is 0.463. The summed E-state index contributed by atoms with van der Waals surface area (Å²) < 4.78 is 4.70. The fraction of sp³-hybridized carbons (Fsp3) is 0.737. The van der Waals surface area contributed by atoms with Gasteiger partial charge in [0, 0.05) is 18.0 Å². The minimum atomic E-state index is 0.515. The second-order valence-electron chi connectivity index (χ2n) is 7.31. The molecule has 0 N–H and O–H groups in total. The molecule has 5 nitrogen and oxygen atoms in total. The van der Waals surface area contributed by atoms with Crippen molar-refractivity contribution in [2.45, 2.75) is 90.6 Å². The van der Waals surface area contributed by atoms with Crippen LogP contribution in [0.4, 0.5) is 0 Å². The first-order valence-electron chi connectivity index (χ1n) is 9.82. The van der Waals surface area contributed by atoms with Gasteiger partial charge in [-0.1, -0.05) is 33.6 Å². The van der Waals surface area contributed by atoms with Crippen molar-refractivity contribution >= 4 is 0 Å². The normalized spacial score (nSPS) is 17.5. The minimum absolute atomic E-state index is 0.515. The molecule has 130 valence electrons. The maximum absolute atomic E-state index is 5.02. The van der Waals surface area contributed by atoms with Gasteiger partial charge >= 0.3 is 0 Å². The van der Waals surface area contributed by atoms with E-state index in [1.54, 1.807) is 0 Å². The molecule has 3 heterocycles. The van der Waals surface area contributed by atoms with E-state index in [4.69, 9.17) is 5.10 Å². The Bertz CT molecular complexity index is 716. The Morgan fingerprint density at radius 1 is 1.08 bits per heavy atom. The van der Waals surface area contributed by atoms with Gasteiger partial charge in [-0.15, -0.1) is 10.2 Å². The summed E-state index contributed by atoms with van der Waals surface area (Å²) in [6.07, 6.45) is 9.50. The smallest absolute Gasteiger partial charge is 0.182 e. The van der Waals surface area contributed by atoms with E-state index >= 15 is 0 Å². The van der Waals surface area contributed by atoms with E-state index in [1.165, 1.54) is 48.5 Å². The van der Waals surface area contributed by atoms with E-state index < -0.39 is 0 Å².